The Bertz CT molecular complexity index is 487. The van der Waals surface area contributed by atoms with Crippen LogP contribution in [0.15, 0.2) is 12.2 Å². The van der Waals surface area contributed by atoms with Crippen molar-refractivity contribution in [1.82, 2.24) is 10.2 Å². The molecule has 1 heterocycles. The maximum atomic E-state index is 12.8. The normalized spacial score (nSPS) is 29.0. The average Bonchev–Trinajstić information content (AvgIpc) is 3.05. The van der Waals surface area contributed by atoms with E-state index in [4.69, 9.17) is 4.74 Å². The first-order valence-electron chi connectivity index (χ1n) is 8.25. The van der Waals surface area contributed by atoms with Crippen LogP contribution in [-0.4, -0.2) is 41.1 Å². The van der Waals surface area contributed by atoms with Crippen molar-refractivity contribution in [2.45, 2.75) is 57.6 Å². The molecule has 1 saturated carbocycles. The monoisotopic (exact) mass is 306 g/mol. The molecule has 5 nitrogen and oxygen atoms in total. The number of hydrogen-bond acceptors (Lipinski definition) is 3. The predicted molar refractivity (Wildman–Crippen MR) is 83.3 cm³/mol. The van der Waals surface area contributed by atoms with Gasteiger partial charge in [-0.15, -0.1) is 0 Å². The lowest BCUT2D eigenvalue weighted by molar-refractivity contribution is -0.133. The zero-order valence-electron chi connectivity index (χ0n) is 13.7. The number of rotatable bonds is 2. The van der Waals surface area contributed by atoms with Crippen LogP contribution >= 0.6 is 0 Å². The molecular weight excluding hydrogens is 280 g/mol. The highest BCUT2D eigenvalue weighted by atomic mass is 16.6. The summed E-state index contributed by atoms with van der Waals surface area (Å²) in [7, 11) is 0. The highest BCUT2D eigenvalue weighted by Gasteiger charge is 2.55. The summed E-state index contributed by atoms with van der Waals surface area (Å²) in [6, 6.07) is 0. The maximum absolute atomic E-state index is 12.8. The predicted octanol–water partition coefficient (Wildman–Crippen LogP) is 2.47. The Labute approximate surface area is 132 Å². The first kappa shape index (κ1) is 15.4. The fraction of sp³-hybridized carbons (Fsp3) is 0.765. The molecule has 3 rings (SSSR count). The quantitative estimate of drug-likeness (QED) is 0.797. The van der Waals surface area contributed by atoms with Gasteiger partial charge in [0.05, 0.1) is 0 Å². The van der Waals surface area contributed by atoms with Gasteiger partial charge in [0.1, 0.15) is 11.1 Å². The zero-order chi connectivity index (χ0) is 16.0. The van der Waals surface area contributed by atoms with Crippen LogP contribution in [0.25, 0.3) is 0 Å². The topological polar surface area (TPSA) is 58.6 Å². The molecule has 0 spiro atoms. The maximum Gasteiger partial charge on any atom is 0.408 e. The van der Waals surface area contributed by atoms with E-state index in [0.29, 0.717) is 11.8 Å². The molecule has 22 heavy (non-hydrogen) atoms. The average molecular weight is 306 g/mol. The van der Waals surface area contributed by atoms with E-state index in [1.807, 2.05) is 25.7 Å². The van der Waals surface area contributed by atoms with Crippen molar-refractivity contribution in [1.29, 1.82) is 0 Å². The number of amides is 2. The molecule has 122 valence electrons. The van der Waals surface area contributed by atoms with Gasteiger partial charge >= 0.3 is 6.09 Å². The number of alkyl carbamates (subject to hydrolysis) is 1. The van der Waals surface area contributed by atoms with Crippen LogP contribution < -0.4 is 5.32 Å². The summed E-state index contributed by atoms with van der Waals surface area (Å²) in [6.45, 7) is 7.13. The van der Waals surface area contributed by atoms with Gasteiger partial charge in [-0.25, -0.2) is 4.79 Å². The molecular formula is C17H26N2O3. The molecule has 1 saturated heterocycles. The van der Waals surface area contributed by atoms with Crippen LogP contribution in [0.1, 0.15) is 46.5 Å². The minimum atomic E-state index is -0.705. The van der Waals surface area contributed by atoms with Crippen LogP contribution in [0.4, 0.5) is 4.79 Å². The molecule has 2 amide bonds. The Kier molecular flexibility index (Phi) is 3.69. The van der Waals surface area contributed by atoms with Crippen LogP contribution in [0, 0.1) is 11.8 Å². The van der Waals surface area contributed by atoms with E-state index in [-0.39, 0.29) is 5.91 Å². The van der Waals surface area contributed by atoms with Crippen LogP contribution in [0.3, 0.4) is 0 Å². The Morgan fingerprint density at radius 3 is 2.14 bits per heavy atom. The van der Waals surface area contributed by atoms with E-state index in [1.54, 1.807) is 0 Å². The van der Waals surface area contributed by atoms with Crippen molar-refractivity contribution in [2.24, 2.45) is 11.8 Å². The Morgan fingerprint density at radius 2 is 1.68 bits per heavy atom. The molecule has 0 aromatic carbocycles. The van der Waals surface area contributed by atoms with Gasteiger partial charge in [-0.2, -0.15) is 0 Å². The lowest BCUT2D eigenvalue weighted by atomic mass is 9.86. The smallest absolute Gasteiger partial charge is 0.408 e. The SMILES string of the molecule is CC(C)(C)OC(=O)NC1(C(=O)N2CC3CC=CCC3C2)CC1. The van der Waals surface area contributed by atoms with Crippen molar-refractivity contribution >= 4 is 12.0 Å². The van der Waals surface area contributed by atoms with Crippen molar-refractivity contribution in [3.05, 3.63) is 12.2 Å². The number of carbonyl (C=O) groups excluding carboxylic acids is 2. The van der Waals surface area contributed by atoms with Crippen LogP contribution in [0.5, 0.6) is 0 Å². The molecule has 1 N–H and O–H groups in total. The van der Waals surface area contributed by atoms with Gasteiger partial charge < -0.3 is 15.0 Å². The molecule has 2 aliphatic carbocycles. The number of fused-ring (bicyclic) bond motifs is 1. The van der Waals surface area contributed by atoms with E-state index < -0.39 is 17.2 Å². The van der Waals surface area contributed by atoms with Crippen LogP contribution in [0.2, 0.25) is 0 Å². The van der Waals surface area contributed by atoms with E-state index >= 15 is 0 Å². The number of hydrogen-bond donors (Lipinski definition) is 1. The molecule has 0 aromatic rings. The second-order valence-electron chi connectivity index (χ2n) is 7.88. The summed E-state index contributed by atoms with van der Waals surface area (Å²) in [5.41, 5.74) is -1.25. The number of carbonyl (C=O) groups is 2. The molecule has 5 heteroatoms. The Balaban J connectivity index is 1.59. The lowest BCUT2D eigenvalue weighted by Crippen LogP contribution is -2.51. The molecule has 2 atom stereocenters. The van der Waals surface area contributed by atoms with Gasteiger partial charge in [0, 0.05) is 13.1 Å². The highest BCUT2D eigenvalue weighted by Crippen LogP contribution is 2.41. The van der Waals surface area contributed by atoms with Crippen molar-refractivity contribution in [3.8, 4) is 0 Å². The molecule has 0 bridgehead atoms. The molecule has 0 aromatic heterocycles. The van der Waals surface area contributed by atoms with Gasteiger partial charge in [0.15, 0.2) is 0 Å². The third-order valence-electron chi connectivity index (χ3n) is 4.81. The first-order valence-corrected chi connectivity index (χ1v) is 8.25. The summed E-state index contributed by atoms with van der Waals surface area (Å²) in [5, 5.41) is 2.81. The zero-order valence-corrected chi connectivity index (χ0v) is 13.7. The molecule has 2 fully saturated rings. The van der Waals surface area contributed by atoms with E-state index in [1.165, 1.54) is 0 Å². The van der Waals surface area contributed by atoms with Crippen molar-refractivity contribution < 1.29 is 14.3 Å². The molecule has 2 unspecified atom stereocenters. The van der Waals surface area contributed by atoms with Crippen molar-refractivity contribution in [3.63, 3.8) is 0 Å². The third kappa shape index (κ3) is 3.13. The Hall–Kier alpha value is -1.52. The largest absolute Gasteiger partial charge is 0.444 e. The van der Waals surface area contributed by atoms with E-state index in [9.17, 15) is 9.59 Å². The minimum Gasteiger partial charge on any atom is -0.444 e. The Morgan fingerprint density at radius 1 is 1.14 bits per heavy atom. The first-order chi connectivity index (χ1) is 10.3. The number of nitrogens with one attached hydrogen (secondary N) is 1. The fourth-order valence-corrected chi connectivity index (χ4v) is 3.50. The summed E-state index contributed by atoms with van der Waals surface area (Å²) < 4.78 is 5.29. The summed E-state index contributed by atoms with van der Waals surface area (Å²) in [6.07, 6.45) is 7.53. The molecule has 1 aliphatic heterocycles. The van der Waals surface area contributed by atoms with Crippen molar-refractivity contribution in [2.75, 3.05) is 13.1 Å². The number of likely N-dealkylation sites (tertiary alicyclic amines) is 1. The fourth-order valence-electron chi connectivity index (χ4n) is 3.50. The van der Waals surface area contributed by atoms with Crippen LogP contribution in [-0.2, 0) is 9.53 Å². The number of ether oxygens (including phenoxy) is 1. The van der Waals surface area contributed by atoms with Gasteiger partial charge in [0.25, 0.3) is 0 Å². The summed E-state index contributed by atoms with van der Waals surface area (Å²) in [4.78, 5) is 26.7. The van der Waals surface area contributed by atoms with E-state index in [0.717, 1.165) is 38.8 Å². The number of nitrogens with zero attached hydrogens (tertiary/aromatic N) is 1. The highest BCUT2D eigenvalue weighted by molar-refractivity contribution is 5.93. The molecule has 0 radical (unpaired) electrons. The van der Waals surface area contributed by atoms with Gasteiger partial charge in [0.2, 0.25) is 5.91 Å². The summed E-state index contributed by atoms with van der Waals surface area (Å²) in [5.74, 6) is 1.25. The van der Waals surface area contributed by atoms with Gasteiger partial charge in [-0.05, 0) is 58.3 Å². The lowest BCUT2D eigenvalue weighted by Gasteiger charge is -2.26. The van der Waals surface area contributed by atoms with Gasteiger partial charge in [-0.3, -0.25) is 4.79 Å². The third-order valence-corrected chi connectivity index (χ3v) is 4.81. The number of allylic oxidation sites excluding steroid dienone is 2. The second kappa shape index (κ2) is 5.28. The summed E-state index contributed by atoms with van der Waals surface area (Å²) >= 11 is 0. The minimum absolute atomic E-state index is 0.0766. The standard InChI is InChI=1S/C17H26N2O3/c1-16(2,3)22-15(21)18-17(8-9-17)14(20)19-10-12-6-4-5-7-13(12)11-19/h4-5,12-13H,6-11H2,1-3H3,(H,18,21). The second-order valence-corrected chi connectivity index (χ2v) is 7.88. The molecule has 3 aliphatic rings. The van der Waals surface area contributed by atoms with Gasteiger partial charge in [-0.1, -0.05) is 12.2 Å². The van der Waals surface area contributed by atoms with E-state index in [2.05, 4.69) is 17.5 Å².